The van der Waals surface area contributed by atoms with Crippen LogP contribution < -0.4 is 15.0 Å². The molecule has 1 aliphatic heterocycles. The molecule has 1 aliphatic rings. The van der Waals surface area contributed by atoms with E-state index in [0.717, 1.165) is 47.8 Å². The minimum Gasteiger partial charge on any atom is -0.494 e. The summed E-state index contributed by atoms with van der Waals surface area (Å²) >= 11 is 0. The van der Waals surface area contributed by atoms with E-state index in [1.807, 2.05) is 91.7 Å². The third kappa shape index (κ3) is 5.39. The van der Waals surface area contributed by atoms with Crippen LogP contribution in [0.4, 0.5) is 11.4 Å². The van der Waals surface area contributed by atoms with E-state index in [1.54, 1.807) is 6.92 Å². The summed E-state index contributed by atoms with van der Waals surface area (Å²) in [6, 6.07) is 23.6. The maximum atomic E-state index is 12.7. The van der Waals surface area contributed by atoms with Gasteiger partial charge in [-0.2, -0.15) is 0 Å². The van der Waals surface area contributed by atoms with Gasteiger partial charge in [0.15, 0.2) is 0 Å². The second kappa shape index (κ2) is 10.4. The number of ether oxygens (including phenoxy) is 1. The Bertz CT molecular complexity index is 1130. The number of carbonyl (C=O) groups is 2. The molecule has 0 spiro atoms. The highest BCUT2D eigenvalue weighted by Crippen LogP contribution is 2.25. The van der Waals surface area contributed by atoms with Crippen LogP contribution >= 0.6 is 0 Å². The van der Waals surface area contributed by atoms with Gasteiger partial charge in [-0.15, -0.1) is 0 Å². The van der Waals surface area contributed by atoms with Crippen molar-refractivity contribution in [3.05, 3.63) is 78.4 Å². The van der Waals surface area contributed by atoms with Gasteiger partial charge >= 0.3 is 0 Å². The number of benzene rings is 3. The lowest BCUT2D eigenvalue weighted by Gasteiger charge is -2.24. The van der Waals surface area contributed by atoms with Gasteiger partial charge in [0.25, 0.3) is 5.91 Å². The number of hydrogen-bond acceptors (Lipinski definition) is 4. The Balaban J connectivity index is 1.35. The van der Waals surface area contributed by atoms with E-state index in [-0.39, 0.29) is 17.9 Å². The molecule has 176 valence electrons. The van der Waals surface area contributed by atoms with E-state index in [4.69, 9.17) is 4.74 Å². The van der Waals surface area contributed by atoms with E-state index in [2.05, 4.69) is 10.2 Å². The molecule has 34 heavy (non-hydrogen) atoms. The van der Waals surface area contributed by atoms with Crippen LogP contribution in [0.1, 0.15) is 30.6 Å². The van der Waals surface area contributed by atoms with Crippen LogP contribution in [0.5, 0.6) is 5.75 Å². The highest BCUT2D eigenvalue weighted by Gasteiger charge is 2.27. The molecule has 4 rings (SSSR count). The summed E-state index contributed by atoms with van der Waals surface area (Å²) in [6.45, 7) is 5.94. The SMILES string of the molecule is CCOc1ccc(-c2ccc(C(=O)Nc3ccc(N4CCC(N(C)C(C)=O)C4)cc3)cc2)cc1. The molecule has 1 saturated heterocycles. The third-order valence-corrected chi connectivity index (χ3v) is 6.34. The number of anilines is 2. The second-order valence-electron chi connectivity index (χ2n) is 8.55. The maximum Gasteiger partial charge on any atom is 0.255 e. The average Bonchev–Trinajstić information content (AvgIpc) is 3.35. The summed E-state index contributed by atoms with van der Waals surface area (Å²) < 4.78 is 5.49. The van der Waals surface area contributed by atoms with Gasteiger partial charge in [0.2, 0.25) is 5.91 Å². The third-order valence-electron chi connectivity index (χ3n) is 6.34. The van der Waals surface area contributed by atoms with Crippen molar-refractivity contribution in [3.63, 3.8) is 0 Å². The van der Waals surface area contributed by atoms with Crippen molar-refractivity contribution < 1.29 is 14.3 Å². The molecule has 1 heterocycles. The van der Waals surface area contributed by atoms with Gasteiger partial charge in [0.1, 0.15) is 5.75 Å². The zero-order valence-electron chi connectivity index (χ0n) is 20.0. The smallest absolute Gasteiger partial charge is 0.255 e. The summed E-state index contributed by atoms with van der Waals surface area (Å²) in [6.07, 6.45) is 0.960. The first kappa shape index (κ1) is 23.4. The molecule has 1 atom stereocenters. The van der Waals surface area contributed by atoms with Crippen LogP contribution in [0, 0.1) is 0 Å². The van der Waals surface area contributed by atoms with Gasteiger partial charge in [0, 0.05) is 44.0 Å². The fourth-order valence-corrected chi connectivity index (χ4v) is 4.23. The number of rotatable bonds is 7. The molecule has 0 bridgehead atoms. The number of hydrogen-bond donors (Lipinski definition) is 1. The van der Waals surface area contributed by atoms with Crippen LogP contribution in [0.3, 0.4) is 0 Å². The standard InChI is InChI=1S/C28H31N3O3/c1-4-34-27-15-9-22(10-16-27)21-5-7-23(8-6-21)28(33)29-24-11-13-25(14-12-24)31-18-17-26(19-31)30(3)20(2)32/h5-16,26H,4,17-19H2,1-3H3,(H,29,33). The van der Waals surface area contributed by atoms with Crippen LogP contribution in [-0.4, -0.2) is 49.5 Å². The number of carbonyl (C=O) groups excluding carboxylic acids is 2. The first-order valence-electron chi connectivity index (χ1n) is 11.7. The van der Waals surface area contributed by atoms with E-state index in [1.165, 1.54) is 0 Å². The molecule has 0 saturated carbocycles. The van der Waals surface area contributed by atoms with Gasteiger partial charge in [-0.1, -0.05) is 24.3 Å². The molecule has 6 nitrogen and oxygen atoms in total. The van der Waals surface area contributed by atoms with Crippen molar-refractivity contribution in [1.82, 2.24) is 4.90 Å². The summed E-state index contributed by atoms with van der Waals surface area (Å²) in [5, 5.41) is 2.97. The zero-order chi connectivity index (χ0) is 24.1. The van der Waals surface area contributed by atoms with E-state index < -0.39 is 0 Å². The number of likely N-dealkylation sites (N-methyl/N-ethyl adjacent to an activating group) is 1. The van der Waals surface area contributed by atoms with Gasteiger partial charge in [0.05, 0.1) is 12.6 Å². The molecule has 3 aromatic carbocycles. The molecule has 1 unspecified atom stereocenters. The van der Waals surface area contributed by atoms with Crippen LogP contribution in [0.15, 0.2) is 72.8 Å². The summed E-state index contributed by atoms with van der Waals surface area (Å²) in [5.41, 5.74) is 4.57. The van der Waals surface area contributed by atoms with Crippen molar-refractivity contribution >= 4 is 23.2 Å². The number of amides is 2. The minimum atomic E-state index is -0.143. The van der Waals surface area contributed by atoms with Crippen LogP contribution in [0.2, 0.25) is 0 Å². The molecule has 1 N–H and O–H groups in total. The highest BCUT2D eigenvalue weighted by atomic mass is 16.5. The first-order chi connectivity index (χ1) is 16.4. The van der Waals surface area contributed by atoms with Crippen molar-refractivity contribution in [2.75, 3.05) is 37.0 Å². The first-order valence-corrected chi connectivity index (χ1v) is 11.7. The lowest BCUT2D eigenvalue weighted by atomic mass is 10.0. The Morgan fingerprint density at radius 2 is 1.59 bits per heavy atom. The molecular formula is C28H31N3O3. The second-order valence-corrected chi connectivity index (χ2v) is 8.55. The Morgan fingerprint density at radius 1 is 0.971 bits per heavy atom. The van der Waals surface area contributed by atoms with Crippen molar-refractivity contribution in [2.24, 2.45) is 0 Å². The summed E-state index contributed by atoms with van der Waals surface area (Å²) in [7, 11) is 1.86. The Kier molecular flexibility index (Phi) is 7.16. The lowest BCUT2D eigenvalue weighted by Crippen LogP contribution is -2.37. The molecule has 1 fully saturated rings. The molecule has 3 aromatic rings. The monoisotopic (exact) mass is 457 g/mol. The fourth-order valence-electron chi connectivity index (χ4n) is 4.23. The topological polar surface area (TPSA) is 61.9 Å². The van der Waals surface area contributed by atoms with Gasteiger partial charge in [-0.25, -0.2) is 0 Å². The molecule has 2 amide bonds. The van der Waals surface area contributed by atoms with Gasteiger partial charge in [-0.05, 0) is 73.0 Å². The highest BCUT2D eigenvalue weighted by molar-refractivity contribution is 6.04. The van der Waals surface area contributed by atoms with Crippen LogP contribution in [-0.2, 0) is 4.79 Å². The van der Waals surface area contributed by atoms with Crippen LogP contribution in [0.25, 0.3) is 11.1 Å². The fraction of sp³-hybridized carbons (Fsp3) is 0.286. The summed E-state index contributed by atoms with van der Waals surface area (Å²) in [5.74, 6) is 0.800. The molecule has 0 aromatic heterocycles. The molecule has 6 heteroatoms. The van der Waals surface area contributed by atoms with Gasteiger partial charge < -0.3 is 19.9 Å². The maximum absolute atomic E-state index is 12.7. The molecule has 0 aliphatic carbocycles. The van der Waals surface area contributed by atoms with E-state index in [0.29, 0.717) is 12.2 Å². The lowest BCUT2D eigenvalue weighted by molar-refractivity contribution is -0.129. The molecular weight excluding hydrogens is 426 g/mol. The Labute approximate surface area is 201 Å². The van der Waals surface area contributed by atoms with Crippen molar-refractivity contribution in [2.45, 2.75) is 26.3 Å². The number of nitrogens with zero attached hydrogens (tertiary/aromatic N) is 2. The zero-order valence-corrected chi connectivity index (χ0v) is 20.0. The Hall–Kier alpha value is -3.80. The minimum absolute atomic E-state index is 0.0948. The van der Waals surface area contributed by atoms with Crippen molar-refractivity contribution in [3.8, 4) is 16.9 Å². The predicted octanol–water partition coefficient (Wildman–Crippen LogP) is 5.06. The molecule has 0 radical (unpaired) electrons. The Morgan fingerprint density at radius 3 is 2.18 bits per heavy atom. The van der Waals surface area contributed by atoms with E-state index in [9.17, 15) is 9.59 Å². The largest absolute Gasteiger partial charge is 0.494 e. The normalized spacial score (nSPS) is 15.1. The van der Waals surface area contributed by atoms with E-state index >= 15 is 0 Å². The number of nitrogens with one attached hydrogen (secondary N) is 1. The predicted molar refractivity (Wildman–Crippen MR) is 137 cm³/mol. The average molecular weight is 458 g/mol. The van der Waals surface area contributed by atoms with Gasteiger partial charge in [-0.3, -0.25) is 9.59 Å². The summed E-state index contributed by atoms with van der Waals surface area (Å²) in [4.78, 5) is 28.4. The van der Waals surface area contributed by atoms with Crippen molar-refractivity contribution in [1.29, 1.82) is 0 Å². The quantitative estimate of drug-likeness (QED) is 0.539.